The van der Waals surface area contributed by atoms with E-state index >= 15 is 0 Å². The monoisotopic (exact) mass is 262 g/mol. The minimum Gasteiger partial charge on any atom is -0.390 e. The number of nitrogens with zero attached hydrogens (tertiary/aromatic N) is 3. The second-order valence-corrected chi connectivity index (χ2v) is 5.60. The summed E-state index contributed by atoms with van der Waals surface area (Å²) in [6, 6.07) is 3.87. The molecule has 2 aromatic heterocycles. The first-order valence-corrected chi connectivity index (χ1v) is 6.45. The van der Waals surface area contributed by atoms with Gasteiger partial charge in [0.15, 0.2) is 0 Å². The first kappa shape index (κ1) is 12.4. The molecule has 0 radical (unpaired) electrons. The summed E-state index contributed by atoms with van der Waals surface area (Å²) in [5.74, 6) is 0.695. The van der Waals surface area contributed by atoms with E-state index in [1.807, 2.05) is 13.0 Å². The Morgan fingerprint density at radius 3 is 3.00 bits per heavy atom. The van der Waals surface area contributed by atoms with Gasteiger partial charge >= 0.3 is 0 Å². The first-order chi connectivity index (χ1) is 8.96. The second kappa shape index (κ2) is 4.18. The van der Waals surface area contributed by atoms with Crippen molar-refractivity contribution in [3.05, 3.63) is 34.5 Å². The van der Waals surface area contributed by atoms with E-state index in [1.54, 1.807) is 28.4 Å². The Balaban J connectivity index is 1.78. The Hall–Kier alpha value is -1.66. The third-order valence-electron chi connectivity index (χ3n) is 3.78. The Kier molecular flexibility index (Phi) is 2.72. The Morgan fingerprint density at radius 2 is 2.32 bits per heavy atom. The van der Waals surface area contributed by atoms with Crippen LogP contribution in [0.25, 0.3) is 5.52 Å². The highest BCUT2D eigenvalue weighted by atomic mass is 16.3. The predicted octanol–water partition coefficient (Wildman–Crippen LogP) is 0.0360. The average Bonchev–Trinajstić information content (AvgIpc) is 2.77. The molecule has 6 heteroatoms. The van der Waals surface area contributed by atoms with Gasteiger partial charge in [0.25, 0.3) is 5.56 Å². The first-order valence-electron chi connectivity index (χ1n) is 6.45. The number of aliphatic hydroxyl groups is 1. The normalized spacial score (nSPS) is 26.6. The lowest BCUT2D eigenvalue weighted by molar-refractivity contribution is -0.0395. The summed E-state index contributed by atoms with van der Waals surface area (Å²) in [6.07, 6.45) is 3.26. The topological polar surface area (TPSA) is 71.6 Å². The van der Waals surface area contributed by atoms with Crippen LogP contribution in [0.4, 0.5) is 0 Å². The van der Waals surface area contributed by atoms with Crippen LogP contribution in [0.1, 0.15) is 25.6 Å². The molecule has 1 aliphatic carbocycles. The number of aromatic nitrogens is 3. The zero-order chi connectivity index (χ0) is 13.6. The lowest BCUT2D eigenvalue weighted by Crippen LogP contribution is -2.51. The van der Waals surface area contributed by atoms with Crippen molar-refractivity contribution in [2.45, 2.75) is 38.0 Å². The van der Waals surface area contributed by atoms with E-state index < -0.39 is 5.60 Å². The summed E-state index contributed by atoms with van der Waals surface area (Å²) < 4.78 is 3.18. The van der Waals surface area contributed by atoms with E-state index in [2.05, 4.69) is 10.4 Å². The fourth-order valence-corrected chi connectivity index (χ4v) is 2.65. The van der Waals surface area contributed by atoms with Crippen molar-refractivity contribution in [2.24, 2.45) is 7.05 Å². The number of hydrogen-bond donors (Lipinski definition) is 2. The summed E-state index contributed by atoms with van der Waals surface area (Å²) in [6.45, 7) is 2.37. The number of hydrogen-bond acceptors (Lipinski definition) is 4. The minimum absolute atomic E-state index is 0.0441. The van der Waals surface area contributed by atoms with Crippen LogP contribution in [-0.4, -0.2) is 30.9 Å². The van der Waals surface area contributed by atoms with Gasteiger partial charge in [-0.05, 0) is 31.9 Å². The summed E-state index contributed by atoms with van der Waals surface area (Å²) >= 11 is 0. The van der Waals surface area contributed by atoms with Gasteiger partial charge in [0, 0.05) is 19.3 Å². The molecule has 0 atom stereocenters. The maximum absolute atomic E-state index is 12.1. The van der Waals surface area contributed by atoms with E-state index in [1.165, 1.54) is 0 Å². The molecule has 0 amide bonds. The molecule has 0 spiro atoms. The number of nitrogens with one attached hydrogen (secondary N) is 1. The zero-order valence-electron chi connectivity index (χ0n) is 11.1. The van der Waals surface area contributed by atoms with E-state index in [0.717, 1.165) is 12.8 Å². The van der Waals surface area contributed by atoms with Crippen molar-refractivity contribution in [2.75, 3.05) is 0 Å². The molecule has 3 rings (SSSR count). The van der Waals surface area contributed by atoms with Crippen LogP contribution in [0.5, 0.6) is 0 Å². The molecule has 1 fully saturated rings. The SMILES string of the molecule is Cn1c(CNC2CC(C)(O)C2)nn2cccc2c1=O. The maximum atomic E-state index is 12.1. The van der Waals surface area contributed by atoms with Gasteiger partial charge in [-0.15, -0.1) is 0 Å². The third-order valence-corrected chi connectivity index (χ3v) is 3.78. The molecule has 2 heterocycles. The van der Waals surface area contributed by atoms with Crippen LogP contribution < -0.4 is 10.9 Å². The largest absolute Gasteiger partial charge is 0.390 e. The average molecular weight is 262 g/mol. The molecule has 2 aromatic rings. The third kappa shape index (κ3) is 2.17. The van der Waals surface area contributed by atoms with Gasteiger partial charge in [0.1, 0.15) is 11.3 Å². The molecule has 0 saturated heterocycles. The van der Waals surface area contributed by atoms with Crippen molar-refractivity contribution >= 4 is 5.52 Å². The highest BCUT2D eigenvalue weighted by Crippen LogP contribution is 2.31. The van der Waals surface area contributed by atoms with E-state index in [9.17, 15) is 9.90 Å². The fourth-order valence-electron chi connectivity index (χ4n) is 2.65. The van der Waals surface area contributed by atoms with E-state index in [4.69, 9.17) is 0 Å². The summed E-state index contributed by atoms with van der Waals surface area (Å²) in [4.78, 5) is 12.1. The lowest BCUT2D eigenvalue weighted by atomic mass is 9.77. The molecular formula is C13H18N4O2. The molecule has 1 saturated carbocycles. The maximum Gasteiger partial charge on any atom is 0.277 e. The highest BCUT2D eigenvalue weighted by Gasteiger charge is 2.37. The Labute approximate surface area is 110 Å². The molecule has 6 nitrogen and oxygen atoms in total. The van der Waals surface area contributed by atoms with Gasteiger partial charge in [-0.2, -0.15) is 5.10 Å². The molecule has 0 aromatic carbocycles. The Morgan fingerprint density at radius 1 is 1.58 bits per heavy atom. The molecular weight excluding hydrogens is 244 g/mol. The molecule has 0 unspecified atom stereocenters. The lowest BCUT2D eigenvalue weighted by Gasteiger charge is -2.41. The highest BCUT2D eigenvalue weighted by molar-refractivity contribution is 5.43. The van der Waals surface area contributed by atoms with Gasteiger partial charge in [0.2, 0.25) is 0 Å². The second-order valence-electron chi connectivity index (χ2n) is 5.60. The standard InChI is InChI=1S/C13H18N4O2/c1-13(19)6-9(7-13)14-8-11-15-17-5-3-4-10(17)12(18)16(11)2/h3-5,9,14,19H,6-8H2,1-2H3. The molecule has 0 bridgehead atoms. The number of fused-ring (bicyclic) bond motifs is 1. The van der Waals surface area contributed by atoms with Gasteiger partial charge < -0.3 is 10.4 Å². The van der Waals surface area contributed by atoms with Crippen LogP contribution in [0.3, 0.4) is 0 Å². The van der Waals surface area contributed by atoms with Gasteiger partial charge in [0.05, 0.1) is 12.1 Å². The Bertz CT molecular complexity index is 663. The van der Waals surface area contributed by atoms with Crippen LogP contribution in [0, 0.1) is 0 Å². The zero-order valence-corrected chi connectivity index (χ0v) is 11.1. The van der Waals surface area contributed by atoms with Crippen molar-refractivity contribution in [1.29, 1.82) is 0 Å². The van der Waals surface area contributed by atoms with Crippen molar-refractivity contribution in [3.8, 4) is 0 Å². The summed E-state index contributed by atoms with van der Waals surface area (Å²) in [5, 5.41) is 17.4. The van der Waals surface area contributed by atoms with Crippen LogP contribution in [0.15, 0.2) is 23.1 Å². The van der Waals surface area contributed by atoms with Crippen molar-refractivity contribution < 1.29 is 5.11 Å². The van der Waals surface area contributed by atoms with Crippen molar-refractivity contribution in [3.63, 3.8) is 0 Å². The molecule has 102 valence electrons. The van der Waals surface area contributed by atoms with Gasteiger partial charge in [-0.25, -0.2) is 4.52 Å². The van der Waals surface area contributed by atoms with E-state index in [-0.39, 0.29) is 5.56 Å². The minimum atomic E-state index is -0.540. The molecule has 1 aliphatic rings. The van der Waals surface area contributed by atoms with Crippen molar-refractivity contribution in [1.82, 2.24) is 19.5 Å². The van der Waals surface area contributed by atoms with Gasteiger partial charge in [-0.1, -0.05) is 0 Å². The molecule has 2 N–H and O–H groups in total. The van der Waals surface area contributed by atoms with Crippen LogP contribution >= 0.6 is 0 Å². The fraction of sp³-hybridized carbons (Fsp3) is 0.538. The van der Waals surface area contributed by atoms with Crippen LogP contribution in [-0.2, 0) is 13.6 Å². The summed E-state index contributed by atoms with van der Waals surface area (Å²) in [5.41, 5.74) is -0.00306. The smallest absolute Gasteiger partial charge is 0.277 e. The number of rotatable bonds is 3. The summed E-state index contributed by atoms with van der Waals surface area (Å²) in [7, 11) is 1.73. The van der Waals surface area contributed by atoms with E-state index in [0.29, 0.717) is 23.9 Å². The van der Waals surface area contributed by atoms with Gasteiger partial charge in [-0.3, -0.25) is 9.36 Å². The quantitative estimate of drug-likeness (QED) is 0.819. The predicted molar refractivity (Wildman–Crippen MR) is 70.9 cm³/mol. The van der Waals surface area contributed by atoms with Crippen LogP contribution in [0.2, 0.25) is 0 Å². The molecule has 0 aliphatic heterocycles. The molecule has 19 heavy (non-hydrogen) atoms.